The van der Waals surface area contributed by atoms with Crippen molar-refractivity contribution in [3.05, 3.63) is 118 Å². The molecule has 1 aliphatic rings. The summed E-state index contributed by atoms with van der Waals surface area (Å²) < 4.78 is 47.5. The summed E-state index contributed by atoms with van der Waals surface area (Å²) in [5.74, 6) is -0.131. The van der Waals surface area contributed by atoms with Gasteiger partial charge in [-0.25, -0.2) is 9.78 Å². The number of alkyl halides is 3. The molecular weight excluding hydrogens is 618 g/mol. The van der Waals surface area contributed by atoms with Gasteiger partial charge < -0.3 is 20.1 Å². The van der Waals surface area contributed by atoms with E-state index < -0.39 is 29.9 Å². The Morgan fingerprint density at radius 3 is 2.18 bits per heavy atom. The van der Waals surface area contributed by atoms with Crippen LogP contribution in [0.4, 0.5) is 18.0 Å². The van der Waals surface area contributed by atoms with E-state index in [-0.39, 0.29) is 23.8 Å². The topological polar surface area (TPSA) is 106 Å². The molecule has 4 aromatic rings. The quantitative estimate of drug-likeness (QED) is 0.202. The van der Waals surface area contributed by atoms with Gasteiger partial charge in [-0.3, -0.25) is 9.89 Å². The molecule has 5 rings (SSSR count). The van der Waals surface area contributed by atoms with Crippen LogP contribution in [0.1, 0.15) is 47.7 Å². The number of nitrogens with two attached hydrogens (primary N) is 1. The average molecular weight is 649 g/mol. The molecule has 0 bridgehead atoms. The van der Waals surface area contributed by atoms with Crippen molar-refractivity contribution in [1.82, 2.24) is 14.5 Å². The second-order valence-electron chi connectivity index (χ2n) is 9.68. The maximum Gasteiger partial charge on any atom is 0.416 e. The zero-order valence-electron chi connectivity index (χ0n) is 23.6. The summed E-state index contributed by atoms with van der Waals surface area (Å²) >= 11 is 12.1. The van der Waals surface area contributed by atoms with Crippen LogP contribution in [0.5, 0.6) is 5.75 Å². The van der Waals surface area contributed by atoms with Gasteiger partial charge in [-0.15, -0.1) is 0 Å². The summed E-state index contributed by atoms with van der Waals surface area (Å²) in [4.78, 5) is 22.2. The van der Waals surface area contributed by atoms with Gasteiger partial charge in [0, 0.05) is 29.0 Å². The number of halogens is 5. The summed E-state index contributed by atoms with van der Waals surface area (Å²) in [6.45, 7) is 3.44. The van der Waals surface area contributed by atoms with Gasteiger partial charge in [0.15, 0.2) is 0 Å². The van der Waals surface area contributed by atoms with Crippen molar-refractivity contribution < 1.29 is 27.8 Å². The zero-order chi connectivity index (χ0) is 31.9. The van der Waals surface area contributed by atoms with Crippen molar-refractivity contribution in [1.29, 1.82) is 0 Å². The summed E-state index contributed by atoms with van der Waals surface area (Å²) in [7, 11) is 0. The molecular formula is C31H30Cl2F3N5O3. The molecule has 0 spiro atoms. The minimum atomic E-state index is -4.59. The SMILES string of the molecule is CCOc1cc(C(F)(F)F)ccc1C1=NC(c2ccc(Cl)cc2)C(c2ccc(Cl)cc2)N1C(=O)O.NCCCn1ccnc1. The van der Waals surface area contributed by atoms with Crippen LogP contribution in [-0.2, 0) is 12.7 Å². The van der Waals surface area contributed by atoms with E-state index in [1.54, 1.807) is 68.0 Å². The van der Waals surface area contributed by atoms with Crippen LogP contribution in [0.2, 0.25) is 10.0 Å². The number of aryl methyl sites for hydroxylation is 1. The largest absolute Gasteiger partial charge is 0.493 e. The van der Waals surface area contributed by atoms with Crippen molar-refractivity contribution >= 4 is 35.1 Å². The lowest BCUT2D eigenvalue weighted by molar-refractivity contribution is -0.137. The molecule has 0 radical (unpaired) electrons. The number of imidazole rings is 1. The van der Waals surface area contributed by atoms with Crippen molar-refractivity contribution in [3.63, 3.8) is 0 Å². The Hall–Kier alpha value is -4.06. The Bertz CT molecular complexity index is 1560. The number of aromatic nitrogens is 2. The normalized spacial score (nSPS) is 16.2. The highest BCUT2D eigenvalue weighted by atomic mass is 35.5. The Kier molecular flexibility index (Phi) is 10.9. The number of aliphatic imine (C=N–C) groups is 1. The van der Waals surface area contributed by atoms with Gasteiger partial charge in [0.2, 0.25) is 0 Å². The van der Waals surface area contributed by atoms with E-state index in [0.717, 1.165) is 36.5 Å². The monoisotopic (exact) mass is 647 g/mol. The number of hydrogen-bond acceptors (Lipinski definition) is 5. The first kappa shape index (κ1) is 32.8. The summed E-state index contributed by atoms with van der Waals surface area (Å²) in [5, 5.41) is 11.2. The molecule has 0 saturated carbocycles. The first-order valence-corrected chi connectivity index (χ1v) is 14.4. The number of carboxylic acid groups (broad SMARTS) is 1. The Balaban J connectivity index is 0.000000421. The number of amides is 1. The molecule has 1 aromatic heterocycles. The molecule has 44 heavy (non-hydrogen) atoms. The van der Waals surface area contributed by atoms with Gasteiger partial charge in [-0.1, -0.05) is 47.5 Å². The van der Waals surface area contributed by atoms with Gasteiger partial charge in [0.25, 0.3) is 0 Å². The minimum Gasteiger partial charge on any atom is -0.493 e. The summed E-state index contributed by atoms with van der Waals surface area (Å²) in [6, 6.07) is 14.9. The van der Waals surface area contributed by atoms with Crippen molar-refractivity contribution in [2.24, 2.45) is 10.7 Å². The molecule has 0 saturated heterocycles. The van der Waals surface area contributed by atoms with Crippen LogP contribution >= 0.6 is 23.2 Å². The van der Waals surface area contributed by atoms with E-state index in [4.69, 9.17) is 38.7 Å². The highest BCUT2D eigenvalue weighted by molar-refractivity contribution is 6.30. The molecule has 2 atom stereocenters. The van der Waals surface area contributed by atoms with Crippen LogP contribution in [0.15, 0.2) is 90.4 Å². The molecule has 0 aliphatic carbocycles. The highest BCUT2D eigenvalue weighted by Crippen LogP contribution is 2.45. The second-order valence-corrected chi connectivity index (χ2v) is 10.6. The molecule has 2 unspecified atom stereocenters. The van der Waals surface area contributed by atoms with E-state index in [1.807, 2.05) is 10.8 Å². The van der Waals surface area contributed by atoms with Gasteiger partial charge in [0.1, 0.15) is 17.6 Å². The minimum absolute atomic E-state index is 0.0189. The van der Waals surface area contributed by atoms with Crippen LogP contribution < -0.4 is 10.5 Å². The lowest BCUT2D eigenvalue weighted by Gasteiger charge is -2.27. The first-order chi connectivity index (χ1) is 21.0. The highest BCUT2D eigenvalue weighted by Gasteiger charge is 2.43. The second kappa shape index (κ2) is 14.6. The molecule has 8 nitrogen and oxygen atoms in total. The van der Waals surface area contributed by atoms with E-state index in [2.05, 4.69) is 4.98 Å². The molecule has 0 fully saturated rings. The Labute approximate surface area is 262 Å². The van der Waals surface area contributed by atoms with E-state index in [9.17, 15) is 23.1 Å². The first-order valence-electron chi connectivity index (χ1n) is 13.6. The van der Waals surface area contributed by atoms with Crippen LogP contribution in [-0.4, -0.2) is 44.6 Å². The number of nitrogens with zero attached hydrogens (tertiary/aromatic N) is 4. The fourth-order valence-electron chi connectivity index (χ4n) is 4.71. The third-order valence-corrected chi connectivity index (χ3v) is 7.23. The maximum absolute atomic E-state index is 13.3. The van der Waals surface area contributed by atoms with E-state index >= 15 is 0 Å². The van der Waals surface area contributed by atoms with Gasteiger partial charge in [-0.2, -0.15) is 13.2 Å². The molecule has 3 N–H and O–H groups in total. The van der Waals surface area contributed by atoms with Crippen LogP contribution in [0, 0.1) is 0 Å². The summed E-state index contributed by atoms with van der Waals surface area (Å²) in [6.07, 6.45) is 0.632. The van der Waals surface area contributed by atoms with Crippen molar-refractivity contribution in [2.75, 3.05) is 13.2 Å². The third kappa shape index (κ3) is 7.90. The van der Waals surface area contributed by atoms with E-state index in [0.29, 0.717) is 21.2 Å². The van der Waals surface area contributed by atoms with Gasteiger partial charge >= 0.3 is 12.3 Å². The number of amidine groups is 1. The van der Waals surface area contributed by atoms with Crippen molar-refractivity contribution in [2.45, 2.75) is 38.1 Å². The predicted octanol–water partition coefficient (Wildman–Crippen LogP) is 7.87. The number of carbonyl (C=O) groups is 1. The smallest absolute Gasteiger partial charge is 0.416 e. The summed E-state index contributed by atoms with van der Waals surface area (Å²) in [5.41, 5.74) is 5.83. The van der Waals surface area contributed by atoms with E-state index in [1.165, 1.54) is 6.07 Å². The Morgan fingerprint density at radius 2 is 1.66 bits per heavy atom. The zero-order valence-corrected chi connectivity index (χ0v) is 25.1. The average Bonchev–Trinajstić information content (AvgIpc) is 3.66. The molecule has 232 valence electrons. The number of hydrogen-bond donors (Lipinski definition) is 2. The van der Waals surface area contributed by atoms with Crippen LogP contribution in [0.3, 0.4) is 0 Å². The van der Waals surface area contributed by atoms with Gasteiger partial charge in [-0.05, 0) is 73.5 Å². The molecule has 1 aliphatic heterocycles. The predicted molar refractivity (Wildman–Crippen MR) is 163 cm³/mol. The molecule has 13 heteroatoms. The maximum atomic E-state index is 13.3. The lowest BCUT2D eigenvalue weighted by Crippen LogP contribution is -2.37. The van der Waals surface area contributed by atoms with Gasteiger partial charge in [0.05, 0.1) is 30.1 Å². The number of ether oxygens (including phenoxy) is 1. The number of benzene rings is 3. The van der Waals surface area contributed by atoms with Crippen LogP contribution in [0.25, 0.3) is 0 Å². The fourth-order valence-corrected chi connectivity index (χ4v) is 4.96. The fraction of sp³-hybridized carbons (Fsp3) is 0.258. The molecule has 2 heterocycles. The Morgan fingerprint density at radius 1 is 1.02 bits per heavy atom. The molecule has 1 amide bonds. The van der Waals surface area contributed by atoms with Crippen molar-refractivity contribution in [3.8, 4) is 5.75 Å². The number of rotatable bonds is 8. The molecule has 3 aromatic carbocycles. The standard InChI is InChI=1S/C25H19Cl2F3N2O3.C6H11N3/c1-2-35-20-13-16(25(28,29)30)7-12-19(20)23-31-21(14-3-8-17(26)9-4-14)22(32(23)24(33)34)15-5-10-18(27)11-6-15;7-2-1-4-9-5-3-8-6-9/h3-13,21-22H,2H2,1H3,(H,33,34);3,5-6H,1-2,4,7H2. The third-order valence-electron chi connectivity index (χ3n) is 6.73. The lowest BCUT2D eigenvalue weighted by atomic mass is 9.94.